The molecule has 1 fully saturated rings. The molecule has 1 unspecified atom stereocenters. The van der Waals surface area contributed by atoms with Crippen molar-refractivity contribution >= 4 is 12.1 Å². The summed E-state index contributed by atoms with van der Waals surface area (Å²) in [7, 11) is 0. The maximum Gasteiger partial charge on any atom is 0.410 e. The number of nitrogens with zero attached hydrogens (tertiary/aromatic N) is 1. The molecule has 0 aliphatic carbocycles. The van der Waals surface area contributed by atoms with E-state index in [4.69, 9.17) is 15.2 Å². The van der Waals surface area contributed by atoms with Crippen molar-refractivity contribution in [2.75, 3.05) is 13.1 Å². The number of nitrogens with two attached hydrogens (primary N) is 1. The van der Waals surface area contributed by atoms with Crippen molar-refractivity contribution in [2.24, 2.45) is 11.7 Å². The Bertz CT molecular complexity index is 654. The molecule has 1 aromatic rings. The first-order valence-electron chi connectivity index (χ1n) is 8.74. The minimum absolute atomic E-state index is 0.0635. The third-order valence-electron chi connectivity index (χ3n) is 4.32. The first kappa shape index (κ1) is 20.0. The number of hydrogen-bond donors (Lipinski definition) is 1. The lowest BCUT2D eigenvalue weighted by molar-refractivity contribution is -0.152. The summed E-state index contributed by atoms with van der Waals surface area (Å²) in [6.45, 7) is 9.66. The zero-order valence-corrected chi connectivity index (χ0v) is 15.7. The van der Waals surface area contributed by atoms with E-state index >= 15 is 0 Å². The molecule has 2 N–H and O–H groups in total. The second-order valence-corrected chi connectivity index (χ2v) is 7.68. The van der Waals surface area contributed by atoms with Crippen LogP contribution >= 0.6 is 0 Å². The Morgan fingerprint density at radius 3 is 2.58 bits per heavy atom. The molecule has 0 bridgehead atoms. The van der Waals surface area contributed by atoms with Crippen LogP contribution in [-0.4, -0.2) is 41.2 Å². The van der Waals surface area contributed by atoms with E-state index in [1.165, 1.54) is 4.90 Å². The number of allylic oxidation sites excluding steroid dienone is 1. The highest BCUT2D eigenvalue weighted by atomic mass is 16.6. The number of benzene rings is 1. The maximum atomic E-state index is 12.7. The van der Waals surface area contributed by atoms with Crippen LogP contribution in [0.25, 0.3) is 0 Å². The van der Waals surface area contributed by atoms with Crippen LogP contribution in [0.15, 0.2) is 43.0 Å². The highest BCUT2D eigenvalue weighted by Crippen LogP contribution is 2.31. The maximum absolute atomic E-state index is 12.7. The summed E-state index contributed by atoms with van der Waals surface area (Å²) in [6, 6.07) is 9.40. The van der Waals surface area contributed by atoms with E-state index < -0.39 is 23.2 Å². The number of hydrogen-bond acceptors (Lipinski definition) is 5. The third-order valence-corrected chi connectivity index (χ3v) is 4.32. The van der Waals surface area contributed by atoms with E-state index in [0.29, 0.717) is 13.0 Å². The predicted octanol–water partition coefficient (Wildman–Crippen LogP) is 2.87. The van der Waals surface area contributed by atoms with Crippen LogP contribution < -0.4 is 5.73 Å². The highest BCUT2D eigenvalue weighted by molar-refractivity contribution is 5.83. The second-order valence-electron chi connectivity index (χ2n) is 7.68. The first-order valence-corrected chi connectivity index (χ1v) is 8.74. The molecular formula is C20H28N2O4. The molecule has 6 heteroatoms. The molecule has 1 heterocycles. The number of likely N-dealkylation sites (tertiary alicyclic amines) is 1. The Hall–Kier alpha value is -2.34. The van der Waals surface area contributed by atoms with E-state index in [-0.39, 0.29) is 19.1 Å². The molecule has 1 aliphatic heterocycles. The molecule has 0 radical (unpaired) electrons. The number of amides is 1. The van der Waals surface area contributed by atoms with Gasteiger partial charge >= 0.3 is 12.1 Å². The Kier molecular flexibility index (Phi) is 6.08. The molecule has 1 aromatic carbocycles. The summed E-state index contributed by atoms with van der Waals surface area (Å²) in [6.07, 6.45) is 1.74. The van der Waals surface area contributed by atoms with Crippen LogP contribution in [-0.2, 0) is 20.9 Å². The van der Waals surface area contributed by atoms with Gasteiger partial charge in [0.1, 0.15) is 17.7 Å². The Labute approximate surface area is 154 Å². The molecule has 2 atom stereocenters. The van der Waals surface area contributed by atoms with Crippen LogP contribution in [0.2, 0.25) is 0 Å². The quantitative estimate of drug-likeness (QED) is 0.645. The van der Waals surface area contributed by atoms with Crippen molar-refractivity contribution in [3.8, 4) is 0 Å². The largest absolute Gasteiger partial charge is 0.459 e. The third kappa shape index (κ3) is 4.85. The Morgan fingerprint density at radius 1 is 1.35 bits per heavy atom. The zero-order valence-electron chi connectivity index (χ0n) is 15.7. The standard InChI is InChI=1S/C20H28N2O4/c1-5-9-16-12-22(18(24)26-19(2,3)4)14-20(16,21)17(23)25-13-15-10-7-6-8-11-15/h5-8,10-11,16H,1,9,12-14,21H2,2-4H3/t16?,20-/m0/s1. The van der Waals surface area contributed by atoms with Crippen molar-refractivity contribution < 1.29 is 19.1 Å². The summed E-state index contributed by atoms with van der Waals surface area (Å²) in [4.78, 5) is 26.6. The van der Waals surface area contributed by atoms with E-state index in [2.05, 4.69) is 6.58 Å². The van der Waals surface area contributed by atoms with Gasteiger partial charge in [-0.2, -0.15) is 0 Å². The average molecular weight is 360 g/mol. The number of esters is 1. The lowest BCUT2D eigenvalue weighted by Gasteiger charge is -2.27. The summed E-state index contributed by atoms with van der Waals surface area (Å²) < 4.78 is 10.8. The molecule has 2 rings (SSSR count). The van der Waals surface area contributed by atoms with Gasteiger partial charge in [0, 0.05) is 12.5 Å². The topological polar surface area (TPSA) is 81.9 Å². The molecule has 0 saturated carbocycles. The van der Waals surface area contributed by atoms with Gasteiger partial charge in [0.05, 0.1) is 6.54 Å². The molecule has 0 spiro atoms. The van der Waals surface area contributed by atoms with Crippen molar-refractivity contribution in [1.29, 1.82) is 0 Å². The molecule has 1 aliphatic rings. The minimum atomic E-state index is -1.28. The Balaban J connectivity index is 2.08. The first-order chi connectivity index (χ1) is 12.2. The molecule has 26 heavy (non-hydrogen) atoms. The molecule has 0 aromatic heterocycles. The fourth-order valence-electron chi connectivity index (χ4n) is 2.98. The number of carbonyl (C=O) groups is 2. The smallest absolute Gasteiger partial charge is 0.410 e. The van der Waals surface area contributed by atoms with Crippen molar-refractivity contribution in [3.63, 3.8) is 0 Å². The van der Waals surface area contributed by atoms with Crippen LogP contribution in [0.1, 0.15) is 32.8 Å². The average Bonchev–Trinajstić information content (AvgIpc) is 2.91. The number of carbonyl (C=O) groups excluding carboxylic acids is 2. The number of ether oxygens (including phenoxy) is 2. The van der Waals surface area contributed by atoms with Gasteiger partial charge < -0.3 is 20.1 Å². The van der Waals surface area contributed by atoms with Gasteiger partial charge in [-0.25, -0.2) is 9.59 Å². The lowest BCUT2D eigenvalue weighted by atomic mass is 9.86. The molecule has 1 amide bonds. The fraction of sp³-hybridized carbons (Fsp3) is 0.500. The van der Waals surface area contributed by atoms with Gasteiger partial charge in [0.2, 0.25) is 0 Å². The van der Waals surface area contributed by atoms with E-state index in [0.717, 1.165) is 5.56 Å². The van der Waals surface area contributed by atoms with Crippen molar-refractivity contribution in [1.82, 2.24) is 4.90 Å². The van der Waals surface area contributed by atoms with E-state index in [1.54, 1.807) is 26.8 Å². The fourth-order valence-corrected chi connectivity index (χ4v) is 2.98. The summed E-state index contributed by atoms with van der Waals surface area (Å²) >= 11 is 0. The monoisotopic (exact) mass is 360 g/mol. The molecule has 1 saturated heterocycles. The van der Waals surface area contributed by atoms with Crippen molar-refractivity contribution in [2.45, 2.75) is 44.9 Å². The van der Waals surface area contributed by atoms with Crippen molar-refractivity contribution in [3.05, 3.63) is 48.6 Å². The van der Waals surface area contributed by atoms with Gasteiger partial charge in [0.25, 0.3) is 0 Å². The van der Waals surface area contributed by atoms with Gasteiger partial charge in [-0.1, -0.05) is 36.4 Å². The second kappa shape index (κ2) is 7.91. The molecular weight excluding hydrogens is 332 g/mol. The van der Waals surface area contributed by atoms with Gasteiger partial charge in [0.15, 0.2) is 0 Å². The SMILES string of the molecule is C=CCC1CN(C(=O)OC(C)(C)C)C[C@@]1(N)C(=O)OCc1ccccc1. The molecule has 6 nitrogen and oxygen atoms in total. The van der Waals surface area contributed by atoms with Crippen LogP contribution in [0.5, 0.6) is 0 Å². The normalized spacial score (nSPS) is 22.8. The van der Waals surface area contributed by atoms with Gasteiger partial charge in [-0.3, -0.25) is 0 Å². The van der Waals surface area contributed by atoms with E-state index in [1.807, 2.05) is 30.3 Å². The molecule has 142 valence electrons. The Morgan fingerprint density at radius 2 is 2.00 bits per heavy atom. The zero-order chi connectivity index (χ0) is 19.4. The van der Waals surface area contributed by atoms with Crippen LogP contribution in [0, 0.1) is 5.92 Å². The highest BCUT2D eigenvalue weighted by Gasteiger charge is 2.52. The summed E-state index contributed by atoms with van der Waals surface area (Å²) in [5.41, 5.74) is 5.41. The minimum Gasteiger partial charge on any atom is -0.459 e. The summed E-state index contributed by atoms with van der Waals surface area (Å²) in [5.74, 6) is -0.782. The predicted molar refractivity (Wildman–Crippen MR) is 99.3 cm³/mol. The van der Waals surface area contributed by atoms with Crippen LogP contribution in [0.4, 0.5) is 4.79 Å². The lowest BCUT2D eigenvalue weighted by Crippen LogP contribution is -2.55. The number of rotatable bonds is 5. The van der Waals surface area contributed by atoms with Gasteiger partial charge in [-0.15, -0.1) is 6.58 Å². The van der Waals surface area contributed by atoms with E-state index in [9.17, 15) is 9.59 Å². The van der Waals surface area contributed by atoms with Gasteiger partial charge in [-0.05, 0) is 32.8 Å². The summed E-state index contributed by atoms with van der Waals surface area (Å²) in [5, 5.41) is 0. The van der Waals surface area contributed by atoms with Crippen LogP contribution in [0.3, 0.4) is 0 Å².